The van der Waals surface area contributed by atoms with Gasteiger partial charge < -0.3 is 10.2 Å². The summed E-state index contributed by atoms with van der Waals surface area (Å²) in [4.78, 5) is 15.0. The minimum Gasteiger partial charge on any atom is -0.339 e. The topological polar surface area (TPSA) is 32.3 Å². The van der Waals surface area contributed by atoms with Crippen molar-refractivity contribution in [2.24, 2.45) is 0 Å². The zero-order valence-corrected chi connectivity index (χ0v) is 13.5. The summed E-state index contributed by atoms with van der Waals surface area (Å²) in [5, 5.41) is 3.46. The maximum absolute atomic E-state index is 12.8. The molecular formula is C19H28N2O. The minimum atomic E-state index is 0.363. The van der Waals surface area contributed by atoms with E-state index in [1.165, 1.54) is 37.7 Å². The first-order valence-electron chi connectivity index (χ1n) is 8.90. The lowest BCUT2D eigenvalue weighted by Crippen LogP contribution is -2.42. The Hall–Kier alpha value is -1.35. The summed E-state index contributed by atoms with van der Waals surface area (Å²) < 4.78 is 0. The highest BCUT2D eigenvalue weighted by atomic mass is 16.2. The van der Waals surface area contributed by atoms with Crippen LogP contribution in [0.1, 0.15) is 50.5 Å². The van der Waals surface area contributed by atoms with Gasteiger partial charge in [-0.05, 0) is 44.2 Å². The highest BCUT2D eigenvalue weighted by Crippen LogP contribution is 2.25. The summed E-state index contributed by atoms with van der Waals surface area (Å²) >= 11 is 0. The SMILES string of the molecule is O=C(CC1CCCN1)N(CCc1ccccc1)C1CCCC1. The number of rotatable bonds is 6. The summed E-state index contributed by atoms with van der Waals surface area (Å²) in [5.74, 6) is 0.363. The van der Waals surface area contributed by atoms with Crippen molar-refractivity contribution in [3.8, 4) is 0 Å². The highest BCUT2D eigenvalue weighted by Gasteiger charge is 2.28. The van der Waals surface area contributed by atoms with Gasteiger partial charge in [0.05, 0.1) is 0 Å². The summed E-state index contributed by atoms with van der Waals surface area (Å²) in [6, 6.07) is 11.4. The molecule has 1 aromatic rings. The Morgan fingerprint density at radius 3 is 2.55 bits per heavy atom. The lowest BCUT2D eigenvalue weighted by atomic mass is 10.1. The van der Waals surface area contributed by atoms with Gasteiger partial charge in [0, 0.05) is 25.0 Å². The van der Waals surface area contributed by atoms with Crippen molar-refractivity contribution in [2.45, 2.75) is 63.5 Å². The molecule has 1 aliphatic heterocycles. The van der Waals surface area contributed by atoms with Gasteiger partial charge in [-0.2, -0.15) is 0 Å². The zero-order valence-electron chi connectivity index (χ0n) is 13.5. The average molecular weight is 300 g/mol. The first kappa shape index (κ1) is 15.5. The standard InChI is InChI=1S/C19H28N2O/c22-19(15-17-9-6-13-20-17)21(18-10-4-5-11-18)14-12-16-7-2-1-3-8-16/h1-3,7-8,17-18,20H,4-6,9-15H2. The van der Waals surface area contributed by atoms with E-state index in [2.05, 4.69) is 40.5 Å². The fourth-order valence-electron chi connectivity index (χ4n) is 3.88. The molecule has 3 heteroatoms. The number of amides is 1. The van der Waals surface area contributed by atoms with E-state index in [4.69, 9.17) is 0 Å². The summed E-state index contributed by atoms with van der Waals surface area (Å²) in [6.45, 7) is 1.95. The first-order valence-corrected chi connectivity index (χ1v) is 8.90. The number of hydrogen-bond donors (Lipinski definition) is 1. The second kappa shape index (κ2) is 7.77. The van der Waals surface area contributed by atoms with Gasteiger partial charge in [0.25, 0.3) is 0 Å². The monoisotopic (exact) mass is 300 g/mol. The minimum absolute atomic E-state index is 0.363. The van der Waals surface area contributed by atoms with E-state index in [0.717, 1.165) is 25.9 Å². The van der Waals surface area contributed by atoms with Crippen LogP contribution in [0.3, 0.4) is 0 Å². The van der Waals surface area contributed by atoms with E-state index in [1.807, 2.05) is 0 Å². The Balaban J connectivity index is 1.59. The Morgan fingerprint density at radius 2 is 1.86 bits per heavy atom. The predicted molar refractivity (Wildman–Crippen MR) is 89.8 cm³/mol. The van der Waals surface area contributed by atoms with Crippen LogP contribution >= 0.6 is 0 Å². The van der Waals surface area contributed by atoms with Crippen molar-refractivity contribution in [1.29, 1.82) is 0 Å². The lowest BCUT2D eigenvalue weighted by Gasteiger charge is -2.30. The second-order valence-corrected chi connectivity index (χ2v) is 6.76. The lowest BCUT2D eigenvalue weighted by molar-refractivity contribution is -0.133. The van der Waals surface area contributed by atoms with Crippen LogP contribution < -0.4 is 5.32 Å². The molecule has 1 aliphatic carbocycles. The Bertz CT molecular complexity index is 462. The van der Waals surface area contributed by atoms with Gasteiger partial charge in [0.2, 0.25) is 5.91 Å². The van der Waals surface area contributed by atoms with E-state index in [9.17, 15) is 4.79 Å². The van der Waals surface area contributed by atoms with Crippen molar-refractivity contribution >= 4 is 5.91 Å². The van der Waals surface area contributed by atoms with Gasteiger partial charge >= 0.3 is 0 Å². The van der Waals surface area contributed by atoms with E-state index in [0.29, 0.717) is 24.4 Å². The van der Waals surface area contributed by atoms with E-state index < -0.39 is 0 Å². The fourth-order valence-corrected chi connectivity index (χ4v) is 3.88. The number of carbonyl (C=O) groups is 1. The molecule has 1 N–H and O–H groups in total. The van der Waals surface area contributed by atoms with Crippen LogP contribution in [-0.2, 0) is 11.2 Å². The maximum Gasteiger partial charge on any atom is 0.224 e. The van der Waals surface area contributed by atoms with Gasteiger partial charge in [-0.15, -0.1) is 0 Å². The van der Waals surface area contributed by atoms with Crippen LogP contribution in [-0.4, -0.2) is 36.0 Å². The quantitative estimate of drug-likeness (QED) is 0.875. The van der Waals surface area contributed by atoms with Crippen LogP contribution in [0, 0.1) is 0 Å². The Morgan fingerprint density at radius 1 is 1.09 bits per heavy atom. The largest absolute Gasteiger partial charge is 0.339 e. The molecule has 3 rings (SSSR count). The summed E-state index contributed by atoms with van der Waals surface area (Å²) in [5.41, 5.74) is 1.33. The molecule has 0 spiro atoms. The second-order valence-electron chi connectivity index (χ2n) is 6.76. The van der Waals surface area contributed by atoms with E-state index in [1.54, 1.807) is 0 Å². The molecule has 120 valence electrons. The van der Waals surface area contributed by atoms with Crippen LogP contribution in [0.25, 0.3) is 0 Å². The molecular weight excluding hydrogens is 272 g/mol. The normalized spacial score (nSPS) is 22.1. The Labute approximate surface area is 134 Å². The molecule has 1 atom stereocenters. The maximum atomic E-state index is 12.8. The number of hydrogen-bond acceptors (Lipinski definition) is 2. The predicted octanol–water partition coefficient (Wildman–Crippen LogP) is 3.14. The molecule has 1 aromatic carbocycles. The van der Waals surface area contributed by atoms with Gasteiger partial charge in [-0.3, -0.25) is 4.79 Å². The third-order valence-electron chi connectivity index (χ3n) is 5.15. The van der Waals surface area contributed by atoms with Gasteiger partial charge in [-0.1, -0.05) is 43.2 Å². The molecule has 0 bridgehead atoms. The third kappa shape index (κ3) is 4.10. The van der Waals surface area contributed by atoms with E-state index >= 15 is 0 Å². The summed E-state index contributed by atoms with van der Waals surface area (Å²) in [7, 11) is 0. The van der Waals surface area contributed by atoms with Crippen LogP contribution in [0.5, 0.6) is 0 Å². The molecule has 2 fully saturated rings. The van der Waals surface area contributed by atoms with Crippen molar-refractivity contribution in [3.05, 3.63) is 35.9 Å². The molecule has 1 saturated heterocycles. The van der Waals surface area contributed by atoms with Crippen LogP contribution in [0.2, 0.25) is 0 Å². The molecule has 1 heterocycles. The van der Waals surface area contributed by atoms with Gasteiger partial charge in [-0.25, -0.2) is 0 Å². The molecule has 1 unspecified atom stereocenters. The van der Waals surface area contributed by atoms with Crippen molar-refractivity contribution in [3.63, 3.8) is 0 Å². The molecule has 22 heavy (non-hydrogen) atoms. The number of nitrogens with one attached hydrogen (secondary N) is 1. The molecule has 1 saturated carbocycles. The van der Waals surface area contributed by atoms with Gasteiger partial charge in [0.1, 0.15) is 0 Å². The molecule has 0 radical (unpaired) electrons. The number of carbonyl (C=O) groups excluding carboxylic acids is 1. The molecule has 0 aromatic heterocycles. The highest BCUT2D eigenvalue weighted by molar-refractivity contribution is 5.77. The number of nitrogens with zero attached hydrogens (tertiary/aromatic N) is 1. The summed E-state index contributed by atoms with van der Waals surface area (Å²) in [6.07, 6.45) is 8.97. The van der Waals surface area contributed by atoms with Crippen molar-refractivity contribution in [2.75, 3.05) is 13.1 Å². The van der Waals surface area contributed by atoms with Crippen LogP contribution in [0.15, 0.2) is 30.3 Å². The molecule has 3 nitrogen and oxygen atoms in total. The Kier molecular flexibility index (Phi) is 5.49. The van der Waals surface area contributed by atoms with E-state index in [-0.39, 0.29) is 0 Å². The van der Waals surface area contributed by atoms with Crippen LogP contribution in [0.4, 0.5) is 0 Å². The fraction of sp³-hybridized carbons (Fsp3) is 0.632. The van der Waals surface area contributed by atoms with Gasteiger partial charge in [0.15, 0.2) is 0 Å². The number of benzene rings is 1. The van der Waals surface area contributed by atoms with Crippen molar-refractivity contribution < 1.29 is 4.79 Å². The first-order chi connectivity index (χ1) is 10.8. The van der Waals surface area contributed by atoms with Crippen molar-refractivity contribution in [1.82, 2.24) is 10.2 Å². The smallest absolute Gasteiger partial charge is 0.224 e. The molecule has 1 amide bonds. The zero-order chi connectivity index (χ0) is 15.2. The molecule has 2 aliphatic rings. The third-order valence-corrected chi connectivity index (χ3v) is 5.15. The average Bonchev–Trinajstić information content (AvgIpc) is 3.22.